The highest BCUT2D eigenvalue weighted by Gasteiger charge is 2.16. The summed E-state index contributed by atoms with van der Waals surface area (Å²) in [5.41, 5.74) is 2.43. The van der Waals surface area contributed by atoms with Crippen LogP contribution in [0.5, 0.6) is 17.2 Å². The van der Waals surface area contributed by atoms with Crippen LogP contribution in [0.4, 0.5) is 0 Å². The summed E-state index contributed by atoms with van der Waals surface area (Å²) < 4.78 is 44.7. The molecule has 3 aromatic carbocycles. The van der Waals surface area contributed by atoms with E-state index in [9.17, 15) is 8.42 Å². The molecule has 0 saturated carbocycles. The lowest BCUT2D eigenvalue weighted by atomic mass is 10.0. The SMILES string of the molecule is CCCCCCCCOc1ccc(/C(CCCCOc2ccccc2)=N\NS(=O)(=O)c2ccc(C)cc2)cc1OCCCCCCCC. The normalized spacial score (nSPS) is 11.8. The number of para-hydroxylation sites is 1. The summed E-state index contributed by atoms with van der Waals surface area (Å²) in [5.74, 6) is 2.23. The summed E-state index contributed by atoms with van der Waals surface area (Å²) in [4.78, 5) is 2.67. The fourth-order valence-electron chi connectivity index (χ4n) is 5.30. The molecule has 0 radical (unpaired) electrons. The number of hydrazone groups is 1. The number of hydrogen-bond acceptors (Lipinski definition) is 6. The number of hydrogen-bond donors (Lipinski definition) is 1. The molecule has 0 aliphatic heterocycles. The standard InChI is InChI=1S/C40H58N2O5S/c1-4-6-8-10-12-18-31-46-39-29-26-35(33-40(39)47-32-19-13-11-9-7-5-2)38(23-17-20-30-45-36-21-15-14-16-22-36)41-42-48(43,44)37-27-24-34(3)25-28-37/h14-16,21-22,24-29,33,42H,4-13,17-20,23,30-32H2,1-3H3/b41-38-. The Kier molecular flexibility index (Phi) is 18.6. The lowest BCUT2D eigenvalue weighted by Gasteiger charge is -2.16. The third kappa shape index (κ3) is 15.1. The van der Waals surface area contributed by atoms with Crippen LogP contribution in [-0.4, -0.2) is 34.0 Å². The summed E-state index contributed by atoms with van der Waals surface area (Å²) in [6.45, 7) is 8.18. The molecule has 48 heavy (non-hydrogen) atoms. The number of ether oxygens (including phenoxy) is 3. The van der Waals surface area contributed by atoms with Crippen molar-refractivity contribution in [2.24, 2.45) is 5.10 Å². The smallest absolute Gasteiger partial charge is 0.276 e. The second-order valence-electron chi connectivity index (χ2n) is 12.5. The fourth-order valence-corrected chi connectivity index (χ4v) is 6.13. The van der Waals surface area contributed by atoms with E-state index in [-0.39, 0.29) is 4.90 Å². The zero-order valence-electron chi connectivity index (χ0n) is 29.6. The molecule has 0 atom stereocenters. The van der Waals surface area contributed by atoms with Crippen LogP contribution in [0.25, 0.3) is 0 Å². The molecule has 264 valence electrons. The van der Waals surface area contributed by atoms with E-state index < -0.39 is 10.0 Å². The van der Waals surface area contributed by atoms with Gasteiger partial charge in [0.15, 0.2) is 11.5 Å². The lowest BCUT2D eigenvalue weighted by molar-refractivity contribution is 0.258. The van der Waals surface area contributed by atoms with Crippen LogP contribution in [0.3, 0.4) is 0 Å². The summed E-state index contributed by atoms with van der Waals surface area (Å²) in [7, 11) is -3.84. The molecule has 3 rings (SSSR count). The molecule has 8 heteroatoms. The van der Waals surface area contributed by atoms with E-state index in [2.05, 4.69) is 23.8 Å². The van der Waals surface area contributed by atoms with Crippen LogP contribution in [0.2, 0.25) is 0 Å². The zero-order valence-corrected chi connectivity index (χ0v) is 30.4. The van der Waals surface area contributed by atoms with Crippen LogP contribution >= 0.6 is 0 Å². The van der Waals surface area contributed by atoms with E-state index in [0.717, 1.165) is 55.4 Å². The molecular formula is C40H58N2O5S. The van der Waals surface area contributed by atoms with Crippen molar-refractivity contribution in [3.63, 3.8) is 0 Å². The number of nitrogens with one attached hydrogen (secondary N) is 1. The molecule has 0 saturated heterocycles. The molecule has 3 aromatic rings. The minimum Gasteiger partial charge on any atom is -0.494 e. The van der Waals surface area contributed by atoms with Gasteiger partial charge in [-0.25, -0.2) is 0 Å². The minimum absolute atomic E-state index is 0.175. The van der Waals surface area contributed by atoms with Gasteiger partial charge in [-0.05, 0) is 81.5 Å². The summed E-state index contributed by atoms with van der Waals surface area (Å²) in [5, 5.41) is 4.48. The van der Waals surface area contributed by atoms with Crippen molar-refractivity contribution in [3.05, 3.63) is 83.9 Å². The topological polar surface area (TPSA) is 86.2 Å². The van der Waals surface area contributed by atoms with E-state index in [4.69, 9.17) is 14.2 Å². The van der Waals surface area contributed by atoms with Crippen molar-refractivity contribution in [1.29, 1.82) is 0 Å². The van der Waals surface area contributed by atoms with Crippen molar-refractivity contribution in [3.8, 4) is 17.2 Å². The van der Waals surface area contributed by atoms with E-state index in [1.165, 1.54) is 51.4 Å². The molecule has 0 aliphatic carbocycles. The van der Waals surface area contributed by atoms with Gasteiger partial charge in [-0.1, -0.05) is 114 Å². The molecule has 0 heterocycles. The minimum atomic E-state index is -3.84. The van der Waals surface area contributed by atoms with Gasteiger partial charge < -0.3 is 14.2 Å². The average Bonchev–Trinajstić information content (AvgIpc) is 3.09. The van der Waals surface area contributed by atoms with Gasteiger partial charge in [-0.3, -0.25) is 0 Å². The molecule has 0 aromatic heterocycles. The molecule has 0 aliphatic rings. The Hall–Kier alpha value is -3.52. The maximum atomic E-state index is 13.1. The van der Waals surface area contributed by atoms with Gasteiger partial charge in [-0.2, -0.15) is 18.4 Å². The Balaban J connectivity index is 1.75. The van der Waals surface area contributed by atoms with Crippen molar-refractivity contribution in [2.45, 2.75) is 122 Å². The molecule has 1 N–H and O–H groups in total. The van der Waals surface area contributed by atoms with E-state index >= 15 is 0 Å². The average molecular weight is 679 g/mol. The summed E-state index contributed by atoms with van der Waals surface area (Å²) in [6.07, 6.45) is 16.4. The molecule has 0 amide bonds. The third-order valence-corrected chi connectivity index (χ3v) is 9.46. The lowest BCUT2D eigenvalue weighted by Crippen LogP contribution is -2.21. The van der Waals surface area contributed by atoms with Crippen molar-refractivity contribution in [1.82, 2.24) is 4.83 Å². The third-order valence-electron chi connectivity index (χ3n) is 8.24. The van der Waals surface area contributed by atoms with Gasteiger partial charge in [0.2, 0.25) is 0 Å². The first-order valence-electron chi connectivity index (χ1n) is 18.2. The van der Waals surface area contributed by atoms with Crippen molar-refractivity contribution >= 4 is 15.7 Å². The van der Waals surface area contributed by atoms with Gasteiger partial charge in [0, 0.05) is 5.56 Å². The van der Waals surface area contributed by atoms with Crippen LogP contribution in [0.1, 0.15) is 121 Å². The summed E-state index contributed by atoms with van der Waals surface area (Å²) in [6, 6.07) is 22.3. The first kappa shape index (κ1) is 38.9. The molecule has 0 bridgehead atoms. The summed E-state index contributed by atoms with van der Waals surface area (Å²) >= 11 is 0. The maximum absolute atomic E-state index is 13.1. The molecule has 0 fully saturated rings. The Morgan fingerprint density at radius 3 is 1.83 bits per heavy atom. The Morgan fingerprint density at radius 1 is 0.625 bits per heavy atom. The van der Waals surface area contributed by atoms with Gasteiger partial charge in [0.25, 0.3) is 10.0 Å². The highest BCUT2D eigenvalue weighted by Crippen LogP contribution is 2.30. The van der Waals surface area contributed by atoms with E-state index in [1.54, 1.807) is 24.3 Å². The number of nitrogens with zero attached hydrogens (tertiary/aromatic N) is 1. The molecule has 0 unspecified atom stereocenters. The second kappa shape index (κ2) is 22.9. The van der Waals surface area contributed by atoms with Crippen LogP contribution in [-0.2, 0) is 10.0 Å². The predicted octanol–water partition coefficient (Wildman–Crippen LogP) is 10.4. The van der Waals surface area contributed by atoms with Gasteiger partial charge in [0.1, 0.15) is 5.75 Å². The highest BCUT2D eigenvalue weighted by molar-refractivity contribution is 7.89. The second-order valence-corrected chi connectivity index (χ2v) is 14.1. The van der Waals surface area contributed by atoms with Crippen LogP contribution in [0, 0.1) is 6.92 Å². The largest absolute Gasteiger partial charge is 0.494 e. The van der Waals surface area contributed by atoms with Gasteiger partial charge in [0.05, 0.1) is 30.4 Å². The quantitative estimate of drug-likeness (QED) is 0.0519. The van der Waals surface area contributed by atoms with Gasteiger partial charge in [-0.15, -0.1) is 0 Å². The first-order valence-corrected chi connectivity index (χ1v) is 19.6. The van der Waals surface area contributed by atoms with Crippen LogP contribution in [0.15, 0.2) is 82.8 Å². The van der Waals surface area contributed by atoms with Crippen LogP contribution < -0.4 is 19.0 Å². The predicted molar refractivity (Wildman–Crippen MR) is 198 cm³/mol. The molecule has 0 spiro atoms. The molecular weight excluding hydrogens is 621 g/mol. The molecule has 7 nitrogen and oxygen atoms in total. The zero-order chi connectivity index (χ0) is 34.3. The fraction of sp³-hybridized carbons (Fsp3) is 0.525. The number of sulfonamides is 1. The van der Waals surface area contributed by atoms with Crippen molar-refractivity contribution in [2.75, 3.05) is 19.8 Å². The Bertz CT molecular complexity index is 1430. The Labute approximate surface area is 290 Å². The van der Waals surface area contributed by atoms with E-state index in [0.29, 0.717) is 43.5 Å². The monoisotopic (exact) mass is 678 g/mol. The highest BCUT2D eigenvalue weighted by atomic mass is 32.2. The number of rotatable bonds is 26. The van der Waals surface area contributed by atoms with Gasteiger partial charge >= 0.3 is 0 Å². The number of benzene rings is 3. The first-order chi connectivity index (χ1) is 23.4. The Morgan fingerprint density at radius 2 is 1.19 bits per heavy atom. The number of aryl methyl sites for hydroxylation is 1. The van der Waals surface area contributed by atoms with E-state index in [1.807, 2.05) is 55.5 Å². The van der Waals surface area contributed by atoms with Crippen molar-refractivity contribution < 1.29 is 22.6 Å². The maximum Gasteiger partial charge on any atom is 0.276 e. The number of unbranched alkanes of at least 4 members (excludes halogenated alkanes) is 11.